The van der Waals surface area contributed by atoms with Crippen molar-refractivity contribution in [2.45, 2.75) is 26.8 Å². The predicted molar refractivity (Wildman–Crippen MR) is 84.8 cm³/mol. The highest BCUT2D eigenvalue weighted by atomic mass is 16.2. The number of nitrogens with one attached hydrogen (secondary N) is 1. The van der Waals surface area contributed by atoms with Crippen LogP contribution in [0.2, 0.25) is 0 Å². The molecule has 1 amide bonds. The van der Waals surface area contributed by atoms with Gasteiger partial charge in [-0.25, -0.2) is 4.98 Å². The molecule has 0 spiro atoms. The summed E-state index contributed by atoms with van der Waals surface area (Å²) >= 11 is 0. The van der Waals surface area contributed by atoms with E-state index in [2.05, 4.69) is 10.3 Å². The van der Waals surface area contributed by atoms with Gasteiger partial charge in [-0.05, 0) is 59.1 Å². The van der Waals surface area contributed by atoms with Gasteiger partial charge in [0, 0.05) is 17.1 Å². The van der Waals surface area contributed by atoms with Crippen molar-refractivity contribution in [2.24, 2.45) is 0 Å². The Bertz CT molecular complexity index is 628. The van der Waals surface area contributed by atoms with E-state index in [-0.39, 0.29) is 11.9 Å². The summed E-state index contributed by atoms with van der Waals surface area (Å²) in [5, 5.41) is 2.92. The van der Waals surface area contributed by atoms with Gasteiger partial charge in [0.1, 0.15) is 0 Å². The van der Waals surface area contributed by atoms with Crippen LogP contribution in [0.1, 0.15) is 18.3 Å². The van der Waals surface area contributed by atoms with E-state index in [9.17, 15) is 4.79 Å². The molecule has 1 aromatic heterocycles. The molecule has 1 atom stereocenters. The van der Waals surface area contributed by atoms with Crippen molar-refractivity contribution in [1.82, 2.24) is 14.5 Å². The third-order valence-corrected chi connectivity index (χ3v) is 3.82. The summed E-state index contributed by atoms with van der Waals surface area (Å²) in [4.78, 5) is 18.2. The zero-order valence-electron chi connectivity index (χ0n) is 13.2. The van der Waals surface area contributed by atoms with Gasteiger partial charge in [0.25, 0.3) is 0 Å². The van der Waals surface area contributed by atoms with Crippen LogP contribution >= 0.6 is 0 Å². The number of amides is 1. The Balaban J connectivity index is 2.13. The summed E-state index contributed by atoms with van der Waals surface area (Å²) in [6.45, 7) is 5.90. The van der Waals surface area contributed by atoms with Gasteiger partial charge in [0.15, 0.2) is 0 Å². The molecule has 0 fully saturated rings. The van der Waals surface area contributed by atoms with Crippen molar-refractivity contribution in [1.29, 1.82) is 0 Å². The van der Waals surface area contributed by atoms with Crippen LogP contribution in [0.3, 0.4) is 0 Å². The molecule has 0 saturated heterocycles. The first kappa shape index (κ1) is 15.3. The molecule has 0 aliphatic rings. The van der Waals surface area contributed by atoms with Crippen LogP contribution in [-0.2, 0) is 4.79 Å². The molecule has 0 radical (unpaired) electrons. The van der Waals surface area contributed by atoms with E-state index in [4.69, 9.17) is 0 Å². The van der Waals surface area contributed by atoms with Crippen molar-refractivity contribution in [2.75, 3.05) is 19.4 Å². The minimum Gasteiger partial charge on any atom is -0.325 e. The summed E-state index contributed by atoms with van der Waals surface area (Å²) in [7, 11) is 3.77. The summed E-state index contributed by atoms with van der Waals surface area (Å²) in [6.07, 6.45) is 1.81. The first-order valence-corrected chi connectivity index (χ1v) is 6.98. The van der Waals surface area contributed by atoms with Crippen molar-refractivity contribution in [3.05, 3.63) is 42.0 Å². The number of carbonyl (C=O) groups is 1. The second-order valence-corrected chi connectivity index (χ2v) is 5.46. The van der Waals surface area contributed by atoms with Crippen LogP contribution in [0.5, 0.6) is 0 Å². The lowest BCUT2D eigenvalue weighted by atomic mass is 10.2. The van der Waals surface area contributed by atoms with Gasteiger partial charge in [-0.2, -0.15) is 0 Å². The third kappa shape index (κ3) is 3.31. The minimum absolute atomic E-state index is 0.0117. The number of likely N-dealkylation sites (N-methyl/N-ethyl adjacent to an activating group) is 1. The van der Waals surface area contributed by atoms with E-state index >= 15 is 0 Å². The standard InChI is InChI=1S/C16H22N4O/c1-11-12(2)20(10-17-11)15-8-6-14(7-9-15)18-16(21)13(3)19(4)5/h6-10,13H,1-5H3,(H,18,21)/t13-/m0/s1. The predicted octanol–water partition coefficient (Wildman–Crippen LogP) is 2.38. The van der Waals surface area contributed by atoms with Crippen molar-refractivity contribution in [3.63, 3.8) is 0 Å². The largest absolute Gasteiger partial charge is 0.325 e. The quantitative estimate of drug-likeness (QED) is 0.939. The number of rotatable bonds is 4. The molecule has 0 aliphatic heterocycles. The molecule has 2 aromatic rings. The maximum atomic E-state index is 12.0. The molecule has 5 heteroatoms. The lowest BCUT2D eigenvalue weighted by molar-refractivity contribution is -0.119. The number of aromatic nitrogens is 2. The average Bonchev–Trinajstić information content (AvgIpc) is 2.79. The number of anilines is 1. The lowest BCUT2D eigenvalue weighted by Crippen LogP contribution is -2.37. The average molecular weight is 286 g/mol. The van der Waals surface area contributed by atoms with E-state index < -0.39 is 0 Å². The molecule has 0 saturated carbocycles. The van der Waals surface area contributed by atoms with Crippen molar-refractivity contribution >= 4 is 11.6 Å². The number of benzene rings is 1. The van der Waals surface area contributed by atoms with E-state index in [0.29, 0.717) is 0 Å². The number of nitrogens with zero attached hydrogens (tertiary/aromatic N) is 3. The maximum Gasteiger partial charge on any atom is 0.241 e. The molecule has 1 aromatic carbocycles. The van der Waals surface area contributed by atoms with Crippen LogP contribution < -0.4 is 5.32 Å². The van der Waals surface area contributed by atoms with E-state index in [1.165, 1.54) is 0 Å². The SMILES string of the molecule is Cc1ncn(-c2ccc(NC(=O)[C@H](C)N(C)C)cc2)c1C. The Morgan fingerprint density at radius 1 is 1.24 bits per heavy atom. The minimum atomic E-state index is -0.164. The Morgan fingerprint density at radius 3 is 2.33 bits per heavy atom. The van der Waals surface area contributed by atoms with Crippen molar-refractivity contribution in [3.8, 4) is 5.69 Å². The Kier molecular flexibility index (Phi) is 4.43. The van der Waals surface area contributed by atoms with Gasteiger partial charge in [0.05, 0.1) is 18.1 Å². The number of hydrogen-bond acceptors (Lipinski definition) is 3. The summed E-state index contributed by atoms with van der Waals surface area (Å²) in [6, 6.07) is 7.60. The number of hydrogen-bond donors (Lipinski definition) is 1. The fourth-order valence-electron chi connectivity index (χ4n) is 1.95. The summed E-state index contributed by atoms with van der Waals surface area (Å²) < 4.78 is 2.03. The lowest BCUT2D eigenvalue weighted by Gasteiger charge is -2.19. The molecule has 0 bridgehead atoms. The number of aryl methyl sites for hydroxylation is 1. The molecule has 21 heavy (non-hydrogen) atoms. The van der Waals surface area contributed by atoms with Crippen LogP contribution in [-0.4, -0.2) is 40.5 Å². The second kappa shape index (κ2) is 6.10. The summed E-state index contributed by atoms with van der Waals surface area (Å²) in [5.41, 5.74) is 3.97. The maximum absolute atomic E-state index is 12.0. The molecule has 1 N–H and O–H groups in total. The highest BCUT2D eigenvalue weighted by Gasteiger charge is 2.14. The number of imidazole rings is 1. The highest BCUT2D eigenvalue weighted by molar-refractivity contribution is 5.94. The fourth-order valence-corrected chi connectivity index (χ4v) is 1.95. The molecular formula is C16H22N4O. The van der Waals surface area contributed by atoms with E-state index in [1.807, 2.05) is 74.9 Å². The highest BCUT2D eigenvalue weighted by Crippen LogP contribution is 2.17. The van der Waals surface area contributed by atoms with Gasteiger partial charge >= 0.3 is 0 Å². The van der Waals surface area contributed by atoms with Gasteiger partial charge in [0.2, 0.25) is 5.91 Å². The Hall–Kier alpha value is -2.14. The monoisotopic (exact) mass is 286 g/mol. The molecule has 112 valence electrons. The topological polar surface area (TPSA) is 50.2 Å². The van der Waals surface area contributed by atoms with Crippen LogP contribution in [0.4, 0.5) is 5.69 Å². The van der Waals surface area contributed by atoms with E-state index in [0.717, 1.165) is 22.8 Å². The van der Waals surface area contributed by atoms with Crippen LogP contribution in [0.15, 0.2) is 30.6 Å². The first-order valence-electron chi connectivity index (χ1n) is 6.98. The second-order valence-electron chi connectivity index (χ2n) is 5.46. The first-order chi connectivity index (χ1) is 9.90. The van der Waals surface area contributed by atoms with Crippen LogP contribution in [0, 0.1) is 13.8 Å². The smallest absolute Gasteiger partial charge is 0.241 e. The molecule has 1 heterocycles. The molecule has 2 rings (SSSR count). The van der Waals surface area contributed by atoms with Gasteiger partial charge in [-0.15, -0.1) is 0 Å². The molecule has 0 aliphatic carbocycles. The van der Waals surface area contributed by atoms with Crippen LogP contribution in [0.25, 0.3) is 5.69 Å². The third-order valence-electron chi connectivity index (χ3n) is 3.82. The normalized spacial score (nSPS) is 12.5. The van der Waals surface area contributed by atoms with Crippen molar-refractivity contribution < 1.29 is 4.79 Å². The van der Waals surface area contributed by atoms with Gasteiger partial charge in [-0.3, -0.25) is 9.69 Å². The Labute approximate surface area is 125 Å². The van der Waals surface area contributed by atoms with E-state index in [1.54, 1.807) is 0 Å². The zero-order valence-corrected chi connectivity index (χ0v) is 13.2. The van der Waals surface area contributed by atoms with Gasteiger partial charge < -0.3 is 9.88 Å². The zero-order chi connectivity index (χ0) is 15.6. The fraction of sp³-hybridized carbons (Fsp3) is 0.375. The molecular weight excluding hydrogens is 264 g/mol. The van der Waals surface area contributed by atoms with Gasteiger partial charge in [-0.1, -0.05) is 0 Å². The number of carbonyl (C=O) groups excluding carboxylic acids is 1. The summed E-state index contributed by atoms with van der Waals surface area (Å²) in [5.74, 6) is -0.0117. The Morgan fingerprint density at radius 2 is 1.86 bits per heavy atom. The molecule has 0 unspecified atom stereocenters. The molecule has 5 nitrogen and oxygen atoms in total.